The fourth-order valence-corrected chi connectivity index (χ4v) is 1.62. The zero-order valence-corrected chi connectivity index (χ0v) is 10.7. The van der Waals surface area contributed by atoms with Crippen LogP contribution in [0.1, 0.15) is 12.0 Å². The summed E-state index contributed by atoms with van der Waals surface area (Å²) < 4.78 is 4.46. The molecular formula is C11H10N4O6. The molecule has 0 bridgehead atoms. The normalized spacial score (nSPS) is 15.8. The number of aromatic amines is 2. The van der Waals surface area contributed by atoms with Crippen LogP contribution in [0.5, 0.6) is 5.88 Å². The molecule has 0 aliphatic carbocycles. The summed E-state index contributed by atoms with van der Waals surface area (Å²) >= 11 is 0. The first-order chi connectivity index (χ1) is 9.92. The molecule has 0 fully saturated rings. The molecule has 1 aliphatic heterocycles. The maximum absolute atomic E-state index is 11.6. The average Bonchev–Trinajstić information content (AvgIpc) is 2.74. The van der Waals surface area contributed by atoms with Crippen LogP contribution in [-0.4, -0.2) is 39.8 Å². The summed E-state index contributed by atoms with van der Waals surface area (Å²) in [5.41, 5.74) is -0.0221. The number of nitrogens with zero attached hydrogens (tertiary/aromatic N) is 1. The molecular weight excluding hydrogens is 284 g/mol. The second-order valence-corrected chi connectivity index (χ2v) is 3.98. The Balaban J connectivity index is 2.46. The van der Waals surface area contributed by atoms with E-state index in [0.29, 0.717) is 0 Å². The van der Waals surface area contributed by atoms with Crippen molar-refractivity contribution in [2.45, 2.75) is 6.42 Å². The number of hydrazone groups is 1. The van der Waals surface area contributed by atoms with Gasteiger partial charge in [-0.05, 0) is 6.08 Å². The highest BCUT2D eigenvalue weighted by Crippen LogP contribution is 2.16. The van der Waals surface area contributed by atoms with Crippen molar-refractivity contribution in [1.82, 2.24) is 15.4 Å². The second kappa shape index (κ2) is 5.45. The summed E-state index contributed by atoms with van der Waals surface area (Å²) in [5.74, 6) is -1.98. The summed E-state index contributed by atoms with van der Waals surface area (Å²) in [7, 11) is 1.18. The fraction of sp³-hybridized carbons (Fsp3) is 0.182. The van der Waals surface area contributed by atoms with Crippen molar-refractivity contribution < 1.29 is 19.4 Å². The Kier molecular flexibility index (Phi) is 3.69. The molecule has 1 aromatic heterocycles. The zero-order chi connectivity index (χ0) is 15.6. The van der Waals surface area contributed by atoms with Gasteiger partial charge in [0, 0.05) is 0 Å². The molecule has 110 valence electrons. The molecule has 10 heteroatoms. The van der Waals surface area contributed by atoms with E-state index in [1.165, 1.54) is 7.11 Å². The van der Waals surface area contributed by atoms with Gasteiger partial charge in [-0.1, -0.05) is 0 Å². The summed E-state index contributed by atoms with van der Waals surface area (Å²) in [6.07, 6.45) is 0.733. The lowest BCUT2D eigenvalue weighted by Gasteiger charge is -2.01. The van der Waals surface area contributed by atoms with Gasteiger partial charge in [-0.3, -0.25) is 24.4 Å². The van der Waals surface area contributed by atoms with E-state index in [9.17, 15) is 24.3 Å². The van der Waals surface area contributed by atoms with Gasteiger partial charge >= 0.3 is 11.7 Å². The van der Waals surface area contributed by atoms with Crippen LogP contribution in [0.15, 0.2) is 20.3 Å². The maximum Gasteiger partial charge on any atom is 0.328 e. The summed E-state index contributed by atoms with van der Waals surface area (Å²) in [4.78, 5) is 49.3. The van der Waals surface area contributed by atoms with Gasteiger partial charge in [-0.25, -0.2) is 10.2 Å². The van der Waals surface area contributed by atoms with E-state index in [1.54, 1.807) is 0 Å². The summed E-state index contributed by atoms with van der Waals surface area (Å²) in [5, 5.41) is 13.2. The highest BCUT2D eigenvalue weighted by atomic mass is 16.5. The quantitative estimate of drug-likeness (QED) is 0.381. The predicted molar refractivity (Wildman–Crippen MR) is 69.5 cm³/mol. The number of hydrogen-bond donors (Lipinski definition) is 4. The first-order valence-corrected chi connectivity index (χ1v) is 5.63. The Morgan fingerprint density at radius 2 is 2.05 bits per heavy atom. The number of methoxy groups -OCH3 is 1. The molecule has 2 heterocycles. The van der Waals surface area contributed by atoms with Crippen molar-refractivity contribution in [3.63, 3.8) is 0 Å². The summed E-state index contributed by atoms with van der Waals surface area (Å²) in [6.45, 7) is 0. The minimum absolute atomic E-state index is 0.0526. The Morgan fingerprint density at radius 1 is 1.33 bits per heavy atom. The van der Waals surface area contributed by atoms with E-state index in [1.807, 2.05) is 9.97 Å². The molecule has 0 saturated carbocycles. The standard InChI is InChI=1S/C11H10N4O6/c1-21-7(16)3-6-4(10(19)15-14-6)2-5-8(17)12-11(20)13-9(5)18/h2H,3H2,1H3,(H,15,19)(H3,12,13,17,18,20)/b4-2-. The number of nitrogens with one attached hydrogen (secondary N) is 3. The molecule has 21 heavy (non-hydrogen) atoms. The highest BCUT2D eigenvalue weighted by Gasteiger charge is 2.25. The van der Waals surface area contributed by atoms with Gasteiger partial charge in [0.2, 0.25) is 5.88 Å². The largest absolute Gasteiger partial charge is 0.494 e. The van der Waals surface area contributed by atoms with Crippen LogP contribution in [0.2, 0.25) is 0 Å². The van der Waals surface area contributed by atoms with Crippen LogP contribution in [0, 0.1) is 0 Å². The molecule has 1 aliphatic rings. The smallest absolute Gasteiger partial charge is 0.328 e. The average molecular weight is 294 g/mol. The molecule has 0 radical (unpaired) electrons. The number of carbonyl (C=O) groups excluding carboxylic acids is 2. The van der Waals surface area contributed by atoms with Crippen LogP contribution < -0.4 is 16.7 Å². The minimum atomic E-state index is -0.890. The van der Waals surface area contributed by atoms with Gasteiger partial charge < -0.3 is 9.84 Å². The van der Waals surface area contributed by atoms with Gasteiger partial charge in [0.05, 0.1) is 24.8 Å². The molecule has 1 aromatic rings. The SMILES string of the molecule is COC(=O)CC1=NNC(=O)/C1=C\c1c(O)[nH]c(=O)[nH]c1=O. The van der Waals surface area contributed by atoms with Gasteiger partial charge in [0.15, 0.2) is 0 Å². The number of ether oxygens (including phenoxy) is 1. The molecule has 0 saturated heterocycles. The second-order valence-electron chi connectivity index (χ2n) is 3.98. The van der Waals surface area contributed by atoms with Crippen LogP contribution in [0.25, 0.3) is 6.08 Å². The summed E-state index contributed by atoms with van der Waals surface area (Å²) in [6, 6.07) is 0. The lowest BCUT2D eigenvalue weighted by Crippen LogP contribution is -2.24. The number of amides is 1. The minimum Gasteiger partial charge on any atom is -0.494 e. The van der Waals surface area contributed by atoms with Crippen molar-refractivity contribution in [3.05, 3.63) is 32.0 Å². The van der Waals surface area contributed by atoms with Gasteiger partial charge in [-0.15, -0.1) is 0 Å². The monoisotopic (exact) mass is 294 g/mol. The molecule has 0 unspecified atom stereocenters. The van der Waals surface area contributed by atoms with E-state index in [2.05, 4.69) is 15.3 Å². The zero-order valence-electron chi connectivity index (χ0n) is 10.7. The lowest BCUT2D eigenvalue weighted by atomic mass is 10.1. The van der Waals surface area contributed by atoms with Crippen molar-refractivity contribution in [2.75, 3.05) is 7.11 Å². The molecule has 0 aromatic carbocycles. The molecule has 1 amide bonds. The molecule has 0 spiro atoms. The molecule has 2 rings (SSSR count). The fourth-order valence-electron chi connectivity index (χ4n) is 1.62. The first-order valence-electron chi connectivity index (χ1n) is 5.63. The Labute approximate surface area is 116 Å². The highest BCUT2D eigenvalue weighted by molar-refractivity contribution is 6.30. The van der Waals surface area contributed by atoms with Crippen LogP contribution in [0.3, 0.4) is 0 Å². The predicted octanol–water partition coefficient (Wildman–Crippen LogP) is -1.80. The number of carbonyl (C=O) groups is 2. The number of hydrogen-bond acceptors (Lipinski definition) is 7. The maximum atomic E-state index is 11.6. The van der Waals surface area contributed by atoms with Gasteiger partial charge in [0.25, 0.3) is 11.5 Å². The lowest BCUT2D eigenvalue weighted by molar-refractivity contribution is -0.139. The van der Waals surface area contributed by atoms with E-state index >= 15 is 0 Å². The van der Waals surface area contributed by atoms with Crippen molar-refractivity contribution in [3.8, 4) is 5.88 Å². The Morgan fingerprint density at radius 3 is 2.67 bits per heavy atom. The Hall–Kier alpha value is -3.17. The molecule has 4 N–H and O–H groups in total. The van der Waals surface area contributed by atoms with Crippen molar-refractivity contribution >= 4 is 23.7 Å². The number of esters is 1. The van der Waals surface area contributed by atoms with Crippen LogP contribution >= 0.6 is 0 Å². The van der Waals surface area contributed by atoms with Crippen LogP contribution in [0.4, 0.5) is 0 Å². The van der Waals surface area contributed by atoms with Crippen molar-refractivity contribution in [1.29, 1.82) is 0 Å². The number of aromatic nitrogens is 2. The Bertz CT molecular complexity index is 785. The number of rotatable bonds is 3. The molecule has 0 atom stereocenters. The van der Waals surface area contributed by atoms with Gasteiger partial charge in [-0.2, -0.15) is 5.10 Å². The van der Waals surface area contributed by atoms with E-state index in [0.717, 1.165) is 6.08 Å². The third-order valence-corrected chi connectivity index (χ3v) is 2.63. The number of H-pyrrole nitrogens is 2. The number of aromatic hydroxyl groups is 1. The van der Waals surface area contributed by atoms with E-state index in [4.69, 9.17) is 0 Å². The third-order valence-electron chi connectivity index (χ3n) is 2.63. The third kappa shape index (κ3) is 2.88. The van der Waals surface area contributed by atoms with Gasteiger partial charge in [0.1, 0.15) is 5.56 Å². The van der Waals surface area contributed by atoms with E-state index in [-0.39, 0.29) is 23.3 Å². The topological polar surface area (TPSA) is 154 Å². The van der Waals surface area contributed by atoms with E-state index < -0.39 is 29.0 Å². The van der Waals surface area contributed by atoms with Crippen LogP contribution in [-0.2, 0) is 14.3 Å². The molecule has 10 nitrogen and oxygen atoms in total. The first kappa shape index (κ1) is 14.2. The van der Waals surface area contributed by atoms with Crippen molar-refractivity contribution in [2.24, 2.45) is 5.10 Å².